The van der Waals surface area contributed by atoms with Crippen LogP contribution in [-0.4, -0.2) is 49.5 Å². The van der Waals surface area contributed by atoms with Gasteiger partial charge in [0.05, 0.1) is 13.0 Å². The molecule has 0 aromatic heterocycles. The molecule has 114 valence electrons. The van der Waals surface area contributed by atoms with Crippen LogP contribution < -0.4 is 5.32 Å². The van der Waals surface area contributed by atoms with E-state index in [1.165, 1.54) is 0 Å². The maximum Gasteiger partial charge on any atom is 0.224 e. The Hall–Kier alpha value is -1.16. The van der Waals surface area contributed by atoms with Gasteiger partial charge < -0.3 is 10.2 Å². The average Bonchev–Trinajstić information content (AvgIpc) is 2.46. The van der Waals surface area contributed by atoms with Crippen LogP contribution in [0.4, 0.5) is 5.69 Å². The molecule has 21 heavy (non-hydrogen) atoms. The van der Waals surface area contributed by atoms with Gasteiger partial charge in [0.2, 0.25) is 5.91 Å². The van der Waals surface area contributed by atoms with Crippen molar-refractivity contribution in [3.63, 3.8) is 0 Å². The highest BCUT2D eigenvalue weighted by molar-refractivity contribution is 8.76. The number of carbonyl (C=O) groups excluding carboxylic acids is 1. The second kappa shape index (κ2) is 10.6. The van der Waals surface area contributed by atoms with E-state index in [9.17, 15) is 4.79 Å². The molecule has 1 aromatic carbocycles. The Kier molecular flexibility index (Phi) is 8.99. The van der Waals surface area contributed by atoms with E-state index in [1.54, 1.807) is 22.9 Å². The standard InChI is InChI=1S/C15H21N3OS2/c1-16-14-6-4-13(5-7-14)12-15(19)17-8-10-20-21-11-9-18(2)3/h4-7H,8-12H2,2-3H3,(H,17,19). The molecule has 0 unspecified atom stereocenters. The number of hydrogen-bond acceptors (Lipinski definition) is 4. The van der Waals surface area contributed by atoms with E-state index in [1.807, 2.05) is 22.9 Å². The summed E-state index contributed by atoms with van der Waals surface area (Å²) in [6.45, 7) is 8.65. The van der Waals surface area contributed by atoms with Crippen LogP contribution in [-0.2, 0) is 11.2 Å². The molecule has 0 spiro atoms. The van der Waals surface area contributed by atoms with Gasteiger partial charge in [0.15, 0.2) is 5.69 Å². The lowest BCUT2D eigenvalue weighted by Crippen LogP contribution is -2.27. The predicted molar refractivity (Wildman–Crippen MR) is 92.9 cm³/mol. The fourth-order valence-electron chi connectivity index (χ4n) is 1.51. The molecule has 1 aromatic rings. The number of nitrogens with zero attached hydrogens (tertiary/aromatic N) is 2. The molecule has 0 aliphatic heterocycles. The number of benzene rings is 1. The SMILES string of the molecule is [C-]#[N+]c1ccc(CC(=O)NCCSSCCN(C)C)cc1. The minimum absolute atomic E-state index is 0.0319. The van der Waals surface area contributed by atoms with Gasteiger partial charge in [-0.25, -0.2) is 4.85 Å². The van der Waals surface area contributed by atoms with Gasteiger partial charge in [-0.05, 0) is 19.7 Å². The first kappa shape index (κ1) is 17.9. The Morgan fingerprint density at radius 1 is 1.24 bits per heavy atom. The first-order valence-electron chi connectivity index (χ1n) is 6.74. The third-order valence-electron chi connectivity index (χ3n) is 2.64. The number of rotatable bonds is 9. The van der Waals surface area contributed by atoms with Crippen molar-refractivity contribution in [1.29, 1.82) is 0 Å². The van der Waals surface area contributed by atoms with E-state index in [-0.39, 0.29) is 5.91 Å². The van der Waals surface area contributed by atoms with E-state index < -0.39 is 0 Å². The van der Waals surface area contributed by atoms with Crippen molar-refractivity contribution in [2.45, 2.75) is 6.42 Å². The molecule has 0 aliphatic carbocycles. The first-order valence-corrected chi connectivity index (χ1v) is 9.23. The molecule has 1 N–H and O–H groups in total. The summed E-state index contributed by atoms with van der Waals surface area (Å²) in [5, 5.41) is 2.92. The third kappa shape index (κ3) is 8.66. The van der Waals surface area contributed by atoms with E-state index >= 15 is 0 Å². The molecule has 0 heterocycles. The summed E-state index contributed by atoms with van der Waals surface area (Å²) in [6, 6.07) is 7.15. The van der Waals surface area contributed by atoms with Crippen LogP contribution in [0.25, 0.3) is 4.85 Å². The van der Waals surface area contributed by atoms with E-state index in [0.29, 0.717) is 18.7 Å². The van der Waals surface area contributed by atoms with Crippen LogP contribution in [0, 0.1) is 6.57 Å². The Bertz CT molecular complexity index is 469. The number of hydrogen-bond donors (Lipinski definition) is 1. The molecule has 0 fully saturated rings. The van der Waals surface area contributed by atoms with Crippen molar-refractivity contribution >= 4 is 33.2 Å². The zero-order chi connectivity index (χ0) is 15.5. The zero-order valence-electron chi connectivity index (χ0n) is 12.5. The summed E-state index contributed by atoms with van der Waals surface area (Å²) in [6.07, 6.45) is 0.372. The van der Waals surface area contributed by atoms with E-state index in [4.69, 9.17) is 6.57 Å². The molecule has 6 heteroatoms. The van der Waals surface area contributed by atoms with Crippen LogP contribution >= 0.6 is 21.6 Å². The van der Waals surface area contributed by atoms with Gasteiger partial charge >= 0.3 is 0 Å². The van der Waals surface area contributed by atoms with Crippen LogP contribution in [0.1, 0.15) is 5.56 Å². The van der Waals surface area contributed by atoms with Crippen molar-refractivity contribution in [2.24, 2.45) is 0 Å². The summed E-state index contributed by atoms with van der Waals surface area (Å²) < 4.78 is 0. The molecule has 0 atom stereocenters. The van der Waals surface area contributed by atoms with Crippen LogP contribution in [0.5, 0.6) is 0 Å². The fourth-order valence-corrected chi connectivity index (χ4v) is 3.55. The molecule has 0 bridgehead atoms. The summed E-state index contributed by atoms with van der Waals surface area (Å²) in [5.74, 6) is 2.05. The third-order valence-corrected chi connectivity index (χ3v) is 5.03. The van der Waals surface area contributed by atoms with Gasteiger partial charge in [0, 0.05) is 24.6 Å². The van der Waals surface area contributed by atoms with Crippen molar-refractivity contribution in [2.75, 3.05) is 38.7 Å². The highest BCUT2D eigenvalue weighted by atomic mass is 33.1. The lowest BCUT2D eigenvalue weighted by atomic mass is 10.1. The largest absolute Gasteiger partial charge is 0.355 e. The minimum atomic E-state index is 0.0319. The lowest BCUT2D eigenvalue weighted by molar-refractivity contribution is -0.120. The molecule has 0 saturated heterocycles. The normalized spacial score (nSPS) is 10.4. The molecular weight excluding hydrogens is 302 g/mol. The van der Waals surface area contributed by atoms with E-state index in [0.717, 1.165) is 23.6 Å². The zero-order valence-corrected chi connectivity index (χ0v) is 14.1. The number of nitrogens with one attached hydrogen (secondary N) is 1. The Balaban J connectivity index is 2.09. The molecular formula is C15H21N3OS2. The van der Waals surface area contributed by atoms with E-state index in [2.05, 4.69) is 29.2 Å². The summed E-state index contributed by atoms with van der Waals surface area (Å²) in [5.41, 5.74) is 1.54. The van der Waals surface area contributed by atoms with Crippen molar-refractivity contribution in [3.8, 4) is 0 Å². The minimum Gasteiger partial charge on any atom is -0.355 e. The van der Waals surface area contributed by atoms with Crippen molar-refractivity contribution in [1.82, 2.24) is 10.2 Å². The summed E-state index contributed by atoms with van der Waals surface area (Å²) >= 11 is 0. The molecule has 1 rings (SSSR count). The maximum absolute atomic E-state index is 11.8. The number of carbonyl (C=O) groups is 1. The van der Waals surface area contributed by atoms with Gasteiger partial charge in [-0.3, -0.25) is 4.79 Å². The predicted octanol–water partition coefficient (Wildman–Crippen LogP) is 2.84. The molecule has 1 amide bonds. The highest BCUT2D eigenvalue weighted by Gasteiger charge is 2.03. The smallest absolute Gasteiger partial charge is 0.224 e. The van der Waals surface area contributed by atoms with Crippen LogP contribution in [0.3, 0.4) is 0 Å². The Morgan fingerprint density at radius 2 is 1.90 bits per heavy atom. The second-order valence-corrected chi connectivity index (χ2v) is 7.45. The molecule has 4 nitrogen and oxygen atoms in total. The molecule has 0 saturated carbocycles. The van der Waals surface area contributed by atoms with Gasteiger partial charge in [-0.1, -0.05) is 45.9 Å². The van der Waals surface area contributed by atoms with Crippen LogP contribution in [0.15, 0.2) is 24.3 Å². The van der Waals surface area contributed by atoms with Crippen LogP contribution in [0.2, 0.25) is 0 Å². The number of amides is 1. The van der Waals surface area contributed by atoms with Crippen molar-refractivity contribution in [3.05, 3.63) is 41.2 Å². The Morgan fingerprint density at radius 3 is 2.52 bits per heavy atom. The summed E-state index contributed by atoms with van der Waals surface area (Å²) in [4.78, 5) is 17.2. The quantitative estimate of drug-likeness (QED) is 0.431. The first-order chi connectivity index (χ1) is 10.1. The van der Waals surface area contributed by atoms with Crippen molar-refractivity contribution < 1.29 is 4.79 Å². The lowest BCUT2D eigenvalue weighted by Gasteiger charge is -2.08. The fraction of sp³-hybridized carbons (Fsp3) is 0.467. The van der Waals surface area contributed by atoms with Gasteiger partial charge in [-0.15, -0.1) is 0 Å². The molecule has 0 aliphatic rings. The van der Waals surface area contributed by atoms with Gasteiger partial charge in [-0.2, -0.15) is 0 Å². The topological polar surface area (TPSA) is 36.7 Å². The van der Waals surface area contributed by atoms with Gasteiger partial charge in [0.1, 0.15) is 0 Å². The maximum atomic E-state index is 11.8. The average molecular weight is 323 g/mol. The second-order valence-electron chi connectivity index (χ2n) is 4.75. The highest BCUT2D eigenvalue weighted by Crippen LogP contribution is 2.19. The van der Waals surface area contributed by atoms with Gasteiger partial charge in [0.25, 0.3) is 0 Å². The molecule has 0 radical (unpaired) electrons. The summed E-state index contributed by atoms with van der Waals surface area (Å²) in [7, 11) is 7.76. The monoisotopic (exact) mass is 323 g/mol. The Labute approximate surface area is 134 Å².